The van der Waals surface area contributed by atoms with E-state index in [9.17, 15) is 9.59 Å². The van der Waals surface area contributed by atoms with E-state index in [1.807, 2.05) is 36.0 Å². The second-order valence-corrected chi connectivity index (χ2v) is 15.1. The lowest BCUT2D eigenvalue weighted by Crippen LogP contribution is -2.42. The fourth-order valence-electron chi connectivity index (χ4n) is 8.14. The van der Waals surface area contributed by atoms with Gasteiger partial charge in [0, 0.05) is 92.5 Å². The van der Waals surface area contributed by atoms with E-state index in [2.05, 4.69) is 67.4 Å². The molecule has 2 unspecified atom stereocenters. The third-order valence-corrected chi connectivity index (χ3v) is 11.4. The Hall–Kier alpha value is -4.88. The van der Waals surface area contributed by atoms with Gasteiger partial charge in [0.1, 0.15) is 11.4 Å². The molecule has 0 spiro atoms. The number of benzene rings is 2. The largest absolute Gasteiger partial charge is 0.381 e. The van der Waals surface area contributed by atoms with E-state index in [0.29, 0.717) is 43.3 Å². The molecule has 3 aromatic heterocycles. The van der Waals surface area contributed by atoms with Crippen molar-refractivity contribution in [3.05, 3.63) is 106 Å². The summed E-state index contributed by atoms with van der Waals surface area (Å²) in [7, 11) is 0. The lowest BCUT2D eigenvalue weighted by molar-refractivity contribution is 0.0904. The van der Waals surface area contributed by atoms with E-state index in [0.717, 1.165) is 77.1 Å². The first-order valence-electron chi connectivity index (χ1n) is 19.5. The smallest absolute Gasteiger partial charge is 0.270 e. The molecule has 3 fully saturated rings. The van der Waals surface area contributed by atoms with Crippen LogP contribution in [0.3, 0.4) is 0 Å². The maximum atomic E-state index is 13.5. The standard InChI is InChI=1S/C42H48ClN9O3/c1-3-36-33(39(48-29-13-15-55-16-14-29)34-23-47-52(4-2)40(34)50-36)22-46-42(54)38-10-6-9-37(49-38)41(53)45-20-26-11-12-35(43)32(18-26)28-8-5-7-27(17-28)24-51-25-30-19-31(51)21-44-30/h5-12,17-18,23,29-31,44H,3-4,13-16,19-22,24-25H2,1-2H3,(H,45,53)(H,46,54)(H,48,50). The lowest BCUT2D eigenvalue weighted by Gasteiger charge is -2.27. The minimum absolute atomic E-state index is 0.157. The molecule has 8 rings (SSSR count). The van der Waals surface area contributed by atoms with Crippen molar-refractivity contribution in [2.45, 2.75) is 83.8 Å². The molecule has 0 saturated carbocycles. The summed E-state index contributed by atoms with van der Waals surface area (Å²) < 4.78 is 7.49. The van der Waals surface area contributed by atoms with E-state index < -0.39 is 0 Å². The third kappa shape index (κ3) is 8.09. The Labute approximate surface area is 326 Å². The maximum Gasteiger partial charge on any atom is 0.270 e. The summed E-state index contributed by atoms with van der Waals surface area (Å²) in [5.74, 6) is -0.752. The number of halogens is 1. The van der Waals surface area contributed by atoms with E-state index in [4.69, 9.17) is 21.3 Å². The van der Waals surface area contributed by atoms with Crippen LogP contribution in [0.4, 0.5) is 5.69 Å². The number of fused-ring (bicyclic) bond motifs is 3. The summed E-state index contributed by atoms with van der Waals surface area (Å²) in [4.78, 5) is 38.9. The molecule has 3 saturated heterocycles. The number of piperazine rings is 1. The highest BCUT2D eigenvalue weighted by Gasteiger charge is 2.37. The van der Waals surface area contributed by atoms with E-state index in [-0.39, 0.29) is 42.3 Å². The summed E-state index contributed by atoms with van der Waals surface area (Å²) in [5.41, 5.74) is 8.02. The fraction of sp³-hybridized carbons (Fsp3) is 0.405. The number of aromatic nitrogens is 4. The van der Waals surface area contributed by atoms with Crippen LogP contribution in [0.2, 0.25) is 5.02 Å². The van der Waals surface area contributed by atoms with Crippen LogP contribution in [0.1, 0.15) is 76.5 Å². The number of aryl methyl sites for hydroxylation is 2. The molecule has 3 aliphatic rings. The van der Waals surface area contributed by atoms with Crippen molar-refractivity contribution < 1.29 is 14.3 Å². The minimum Gasteiger partial charge on any atom is -0.381 e. The predicted octanol–water partition coefficient (Wildman–Crippen LogP) is 5.73. The van der Waals surface area contributed by atoms with Crippen molar-refractivity contribution in [1.29, 1.82) is 0 Å². The summed E-state index contributed by atoms with van der Waals surface area (Å²) >= 11 is 6.71. The fourth-order valence-corrected chi connectivity index (χ4v) is 8.36. The molecule has 5 aromatic rings. The van der Waals surface area contributed by atoms with Gasteiger partial charge in [-0.2, -0.15) is 5.10 Å². The van der Waals surface area contributed by atoms with Crippen LogP contribution in [0.25, 0.3) is 22.2 Å². The molecule has 3 aliphatic heterocycles. The number of pyridine rings is 2. The SMILES string of the molecule is CCc1nc2c(cnn2CC)c(NC2CCOCC2)c1CNC(=O)c1cccc(C(=O)NCc2ccc(Cl)c(-c3cccc(CN4CC5CC4CN5)c3)c2)n1. The topological polar surface area (TPSA) is 138 Å². The highest BCUT2D eigenvalue weighted by atomic mass is 35.5. The van der Waals surface area contributed by atoms with E-state index in [1.165, 1.54) is 12.0 Å². The van der Waals surface area contributed by atoms with Crippen LogP contribution in [-0.4, -0.2) is 80.9 Å². The van der Waals surface area contributed by atoms with Gasteiger partial charge in [-0.15, -0.1) is 0 Å². The molecule has 286 valence electrons. The monoisotopic (exact) mass is 761 g/mol. The van der Waals surface area contributed by atoms with Crippen molar-refractivity contribution in [2.75, 3.05) is 31.6 Å². The van der Waals surface area contributed by atoms with Gasteiger partial charge < -0.3 is 26.0 Å². The molecule has 12 nitrogen and oxygen atoms in total. The number of carbonyl (C=O) groups is 2. The molecule has 0 aliphatic carbocycles. The number of ether oxygens (including phenoxy) is 1. The van der Waals surface area contributed by atoms with Crippen LogP contribution in [0, 0.1) is 0 Å². The quantitative estimate of drug-likeness (QED) is 0.119. The Morgan fingerprint density at radius 3 is 2.45 bits per heavy atom. The van der Waals surface area contributed by atoms with Crippen LogP contribution < -0.4 is 21.3 Å². The van der Waals surface area contributed by atoms with Crippen LogP contribution in [0.5, 0.6) is 0 Å². The average Bonchev–Trinajstić information content (AvgIpc) is 3.97. The number of likely N-dealkylation sites (tertiary alicyclic amines) is 1. The average molecular weight is 762 g/mol. The molecule has 6 heterocycles. The number of carbonyl (C=O) groups excluding carboxylic acids is 2. The van der Waals surface area contributed by atoms with Gasteiger partial charge in [-0.25, -0.2) is 14.6 Å². The molecular weight excluding hydrogens is 714 g/mol. The first kappa shape index (κ1) is 37.1. The zero-order valence-corrected chi connectivity index (χ0v) is 32.2. The lowest BCUT2D eigenvalue weighted by atomic mass is 10.0. The zero-order chi connectivity index (χ0) is 37.9. The second kappa shape index (κ2) is 16.5. The number of rotatable bonds is 13. The van der Waals surface area contributed by atoms with Gasteiger partial charge in [0.25, 0.3) is 11.8 Å². The molecule has 4 N–H and O–H groups in total. The molecule has 55 heavy (non-hydrogen) atoms. The van der Waals surface area contributed by atoms with Crippen molar-refractivity contribution in [3.8, 4) is 11.1 Å². The normalized spacial score (nSPS) is 18.5. The molecule has 2 amide bonds. The number of anilines is 1. The molecule has 2 atom stereocenters. The van der Waals surface area contributed by atoms with Crippen LogP contribution in [0.15, 0.2) is 66.9 Å². The predicted molar refractivity (Wildman–Crippen MR) is 214 cm³/mol. The van der Waals surface area contributed by atoms with Gasteiger partial charge in [0.2, 0.25) is 0 Å². The van der Waals surface area contributed by atoms with Crippen molar-refractivity contribution in [2.24, 2.45) is 0 Å². The summed E-state index contributed by atoms with van der Waals surface area (Å²) in [6.07, 6.45) is 5.54. The van der Waals surface area contributed by atoms with Gasteiger partial charge in [-0.05, 0) is 79.6 Å². The minimum atomic E-state index is -0.378. The van der Waals surface area contributed by atoms with Crippen LogP contribution >= 0.6 is 11.6 Å². The van der Waals surface area contributed by atoms with Gasteiger partial charge >= 0.3 is 0 Å². The van der Waals surface area contributed by atoms with E-state index in [1.54, 1.807) is 18.2 Å². The number of hydrogen-bond donors (Lipinski definition) is 4. The van der Waals surface area contributed by atoms with Crippen LogP contribution in [-0.2, 0) is 37.3 Å². The van der Waals surface area contributed by atoms with Crippen molar-refractivity contribution in [3.63, 3.8) is 0 Å². The zero-order valence-electron chi connectivity index (χ0n) is 31.4. The van der Waals surface area contributed by atoms with Gasteiger partial charge in [-0.3, -0.25) is 14.5 Å². The van der Waals surface area contributed by atoms with Gasteiger partial charge in [0.15, 0.2) is 5.65 Å². The summed E-state index contributed by atoms with van der Waals surface area (Å²) in [6, 6.07) is 20.7. The molecular formula is C42H48ClN9O3. The van der Waals surface area contributed by atoms with Crippen molar-refractivity contribution >= 4 is 40.1 Å². The van der Waals surface area contributed by atoms with E-state index >= 15 is 0 Å². The van der Waals surface area contributed by atoms with Gasteiger partial charge in [-0.1, -0.05) is 48.9 Å². The van der Waals surface area contributed by atoms with Crippen molar-refractivity contribution in [1.82, 2.24) is 40.6 Å². The molecule has 2 bridgehead atoms. The molecule has 2 aromatic carbocycles. The Morgan fingerprint density at radius 2 is 1.73 bits per heavy atom. The first-order chi connectivity index (χ1) is 26.9. The highest BCUT2D eigenvalue weighted by Crippen LogP contribution is 2.33. The Morgan fingerprint density at radius 1 is 0.945 bits per heavy atom. The Bertz CT molecular complexity index is 2200. The first-order valence-corrected chi connectivity index (χ1v) is 19.8. The number of hydrogen-bond acceptors (Lipinski definition) is 9. The third-order valence-electron chi connectivity index (χ3n) is 11.1. The number of nitrogens with zero attached hydrogens (tertiary/aromatic N) is 5. The highest BCUT2D eigenvalue weighted by molar-refractivity contribution is 6.33. The molecule has 0 radical (unpaired) electrons. The number of nitrogens with one attached hydrogen (secondary N) is 4. The summed E-state index contributed by atoms with van der Waals surface area (Å²) in [5, 5.41) is 19.5. The Kier molecular flexibility index (Phi) is 11.1. The van der Waals surface area contributed by atoms with Gasteiger partial charge in [0.05, 0.1) is 17.3 Å². The molecule has 13 heteroatoms. The Balaban J connectivity index is 0.932. The summed E-state index contributed by atoms with van der Waals surface area (Å²) in [6.45, 7) is 9.81. The second-order valence-electron chi connectivity index (χ2n) is 14.7. The number of amides is 2. The maximum absolute atomic E-state index is 13.5.